The van der Waals surface area contributed by atoms with E-state index in [9.17, 15) is 4.79 Å². The van der Waals surface area contributed by atoms with Gasteiger partial charge in [-0.15, -0.1) is 0 Å². The summed E-state index contributed by atoms with van der Waals surface area (Å²) in [5, 5.41) is 3.56. The van der Waals surface area contributed by atoms with Crippen LogP contribution in [0.15, 0.2) is 24.3 Å². The predicted molar refractivity (Wildman–Crippen MR) is 85.9 cm³/mol. The van der Waals surface area contributed by atoms with E-state index >= 15 is 0 Å². The van der Waals surface area contributed by atoms with Gasteiger partial charge in [0.15, 0.2) is 0 Å². The zero-order chi connectivity index (χ0) is 14.8. The smallest absolute Gasteiger partial charge is 0.254 e. The summed E-state index contributed by atoms with van der Waals surface area (Å²) >= 11 is 0. The van der Waals surface area contributed by atoms with Crippen molar-refractivity contribution >= 4 is 11.6 Å². The highest BCUT2D eigenvalue weighted by molar-refractivity contribution is 5.95. The molecule has 2 aliphatic heterocycles. The summed E-state index contributed by atoms with van der Waals surface area (Å²) in [5.74, 6) is 0.190. The van der Waals surface area contributed by atoms with Gasteiger partial charge in [0.2, 0.25) is 0 Å². The topological polar surface area (TPSA) is 35.6 Å². The molecule has 4 nitrogen and oxygen atoms in total. The standard InChI is InChI=1S/C17H25N3O/c1-19(2)14-7-3-6-13(12-14)17(21)20-11-5-9-16(20)15-8-4-10-18-15/h3,6-7,12,15-16,18H,4-5,8-11H2,1-2H3. The minimum atomic E-state index is 0.190. The summed E-state index contributed by atoms with van der Waals surface area (Å²) < 4.78 is 0. The van der Waals surface area contributed by atoms with E-state index in [0.29, 0.717) is 12.1 Å². The number of benzene rings is 1. The van der Waals surface area contributed by atoms with Crippen LogP contribution in [0.3, 0.4) is 0 Å². The van der Waals surface area contributed by atoms with E-state index in [4.69, 9.17) is 0 Å². The second-order valence-electron chi connectivity index (χ2n) is 6.36. The molecule has 3 rings (SSSR count). The molecule has 114 valence electrons. The highest BCUT2D eigenvalue weighted by Crippen LogP contribution is 2.27. The number of nitrogens with zero attached hydrogens (tertiary/aromatic N) is 2. The van der Waals surface area contributed by atoms with Crippen molar-refractivity contribution in [3.05, 3.63) is 29.8 Å². The molecule has 0 bridgehead atoms. The maximum atomic E-state index is 12.9. The normalized spacial score (nSPS) is 25.3. The van der Waals surface area contributed by atoms with Crippen molar-refractivity contribution in [1.82, 2.24) is 10.2 Å². The molecule has 2 fully saturated rings. The SMILES string of the molecule is CN(C)c1cccc(C(=O)N2CCCC2C2CCCN2)c1. The maximum absolute atomic E-state index is 12.9. The number of carbonyl (C=O) groups excluding carboxylic acids is 1. The van der Waals surface area contributed by atoms with E-state index in [1.807, 2.05) is 43.3 Å². The summed E-state index contributed by atoms with van der Waals surface area (Å²) in [4.78, 5) is 17.0. The number of amides is 1. The van der Waals surface area contributed by atoms with Crippen LogP contribution in [0.5, 0.6) is 0 Å². The molecule has 21 heavy (non-hydrogen) atoms. The number of hydrogen-bond donors (Lipinski definition) is 1. The van der Waals surface area contributed by atoms with Gasteiger partial charge in [-0.05, 0) is 50.4 Å². The Bertz CT molecular complexity index is 509. The number of nitrogens with one attached hydrogen (secondary N) is 1. The second-order valence-corrected chi connectivity index (χ2v) is 6.36. The summed E-state index contributed by atoms with van der Waals surface area (Å²) in [5.41, 5.74) is 1.89. The highest BCUT2D eigenvalue weighted by atomic mass is 16.2. The van der Waals surface area contributed by atoms with Crippen LogP contribution in [0.4, 0.5) is 5.69 Å². The van der Waals surface area contributed by atoms with E-state index in [2.05, 4.69) is 10.2 Å². The van der Waals surface area contributed by atoms with Crippen molar-refractivity contribution in [2.45, 2.75) is 37.8 Å². The third-order valence-corrected chi connectivity index (χ3v) is 4.73. The lowest BCUT2D eigenvalue weighted by molar-refractivity contribution is 0.0711. The third kappa shape index (κ3) is 2.91. The molecule has 2 atom stereocenters. The minimum Gasteiger partial charge on any atom is -0.378 e. The minimum absolute atomic E-state index is 0.190. The Morgan fingerprint density at radius 2 is 2.14 bits per heavy atom. The number of carbonyl (C=O) groups is 1. The molecule has 4 heteroatoms. The Kier molecular flexibility index (Phi) is 4.15. The lowest BCUT2D eigenvalue weighted by Crippen LogP contribution is -2.46. The Morgan fingerprint density at radius 3 is 2.86 bits per heavy atom. The van der Waals surface area contributed by atoms with Gasteiger partial charge < -0.3 is 15.1 Å². The van der Waals surface area contributed by atoms with Crippen molar-refractivity contribution in [1.29, 1.82) is 0 Å². The Morgan fingerprint density at radius 1 is 1.29 bits per heavy atom. The molecule has 2 saturated heterocycles. The van der Waals surface area contributed by atoms with E-state index in [1.54, 1.807) is 0 Å². The van der Waals surface area contributed by atoms with Gasteiger partial charge in [-0.1, -0.05) is 6.07 Å². The number of rotatable bonds is 3. The lowest BCUT2D eigenvalue weighted by atomic mass is 10.0. The maximum Gasteiger partial charge on any atom is 0.254 e. The Balaban J connectivity index is 1.78. The molecule has 2 unspecified atom stereocenters. The predicted octanol–water partition coefficient (Wildman–Crippen LogP) is 2.11. The second kappa shape index (κ2) is 6.06. The largest absolute Gasteiger partial charge is 0.378 e. The summed E-state index contributed by atoms with van der Waals surface area (Å²) in [6.45, 7) is 1.99. The molecule has 0 spiro atoms. The summed E-state index contributed by atoms with van der Waals surface area (Å²) in [6.07, 6.45) is 4.70. The average Bonchev–Trinajstić information content (AvgIpc) is 3.17. The van der Waals surface area contributed by atoms with Crippen LogP contribution in [-0.2, 0) is 0 Å². The van der Waals surface area contributed by atoms with Crippen LogP contribution in [0.2, 0.25) is 0 Å². The molecule has 1 amide bonds. The first-order chi connectivity index (χ1) is 10.2. The van der Waals surface area contributed by atoms with Gasteiger partial charge >= 0.3 is 0 Å². The first kappa shape index (κ1) is 14.4. The highest BCUT2D eigenvalue weighted by Gasteiger charge is 2.36. The van der Waals surface area contributed by atoms with Crippen molar-refractivity contribution in [2.24, 2.45) is 0 Å². The Labute approximate surface area is 127 Å². The van der Waals surface area contributed by atoms with Crippen molar-refractivity contribution in [3.8, 4) is 0 Å². The van der Waals surface area contributed by atoms with Crippen molar-refractivity contribution in [2.75, 3.05) is 32.1 Å². The Hall–Kier alpha value is -1.55. The van der Waals surface area contributed by atoms with Gasteiger partial charge in [0.05, 0.1) is 0 Å². The van der Waals surface area contributed by atoms with Crippen LogP contribution in [0, 0.1) is 0 Å². The number of anilines is 1. The lowest BCUT2D eigenvalue weighted by Gasteiger charge is -2.30. The third-order valence-electron chi connectivity index (χ3n) is 4.73. The molecule has 0 saturated carbocycles. The van der Waals surface area contributed by atoms with E-state index in [0.717, 1.165) is 37.2 Å². The fourth-order valence-electron chi connectivity index (χ4n) is 3.59. The number of likely N-dealkylation sites (tertiary alicyclic amines) is 1. The zero-order valence-electron chi connectivity index (χ0n) is 13.0. The van der Waals surface area contributed by atoms with E-state index < -0.39 is 0 Å². The molecule has 2 aliphatic rings. The van der Waals surface area contributed by atoms with Gasteiger partial charge in [0, 0.05) is 44.0 Å². The van der Waals surface area contributed by atoms with Crippen LogP contribution < -0.4 is 10.2 Å². The monoisotopic (exact) mass is 287 g/mol. The van der Waals surface area contributed by atoms with Gasteiger partial charge in [-0.25, -0.2) is 0 Å². The summed E-state index contributed by atoms with van der Waals surface area (Å²) in [7, 11) is 4.01. The quantitative estimate of drug-likeness (QED) is 0.925. The fourth-order valence-corrected chi connectivity index (χ4v) is 3.59. The van der Waals surface area contributed by atoms with Gasteiger partial charge in [-0.3, -0.25) is 4.79 Å². The van der Waals surface area contributed by atoms with Crippen molar-refractivity contribution < 1.29 is 4.79 Å². The molecule has 0 aliphatic carbocycles. The molecule has 1 N–H and O–H groups in total. The van der Waals surface area contributed by atoms with Crippen LogP contribution in [-0.4, -0.2) is 50.1 Å². The molecular weight excluding hydrogens is 262 g/mol. The molecule has 0 aromatic heterocycles. The zero-order valence-corrected chi connectivity index (χ0v) is 13.0. The van der Waals surface area contributed by atoms with Gasteiger partial charge in [0.1, 0.15) is 0 Å². The van der Waals surface area contributed by atoms with E-state index in [1.165, 1.54) is 12.8 Å². The molecule has 1 aromatic carbocycles. The average molecular weight is 287 g/mol. The fraction of sp³-hybridized carbons (Fsp3) is 0.588. The first-order valence-corrected chi connectivity index (χ1v) is 7.98. The molecule has 1 aromatic rings. The van der Waals surface area contributed by atoms with Gasteiger partial charge in [0.25, 0.3) is 5.91 Å². The molecule has 2 heterocycles. The van der Waals surface area contributed by atoms with Crippen LogP contribution >= 0.6 is 0 Å². The van der Waals surface area contributed by atoms with Crippen molar-refractivity contribution in [3.63, 3.8) is 0 Å². The number of hydrogen-bond acceptors (Lipinski definition) is 3. The molecule has 0 radical (unpaired) electrons. The van der Waals surface area contributed by atoms with Crippen LogP contribution in [0.1, 0.15) is 36.0 Å². The molecular formula is C17H25N3O. The first-order valence-electron chi connectivity index (χ1n) is 7.98. The van der Waals surface area contributed by atoms with E-state index in [-0.39, 0.29) is 5.91 Å². The van der Waals surface area contributed by atoms with Gasteiger partial charge in [-0.2, -0.15) is 0 Å². The van der Waals surface area contributed by atoms with Crippen LogP contribution in [0.25, 0.3) is 0 Å². The summed E-state index contributed by atoms with van der Waals surface area (Å²) in [6, 6.07) is 8.82.